The van der Waals surface area contributed by atoms with Gasteiger partial charge in [-0.25, -0.2) is 4.79 Å². The van der Waals surface area contributed by atoms with Gasteiger partial charge in [-0.2, -0.15) is 13.2 Å². The Bertz CT molecular complexity index is 1010. The molecule has 2 amide bonds. The molecule has 0 unspecified atom stereocenters. The lowest BCUT2D eigenvalue weighted by atomic mass is 10.1. The number of hydrogen-bond acceptors (Lipinski definition) is 6. The van der Waals surface area contributed by atoms with Crippen molar-refractivity contribution < 1.29 is 32.7 Å². The second kappa shape index (κ2) is 12.7. The SMILES string of the molecule is CCCCCC(N)=O.O=C(O)c1ccc(N2CCN(C(=O)c3ccccc3C(F)(F)F)CC2)nn1. The van der Waals surface area contributed by atoms with Gasteiger partial charge in [-0.1, -0.05) is 31.9 Å². The Morgan fingerprint density at radius 2 is 1.66 bits per heavy atom. The Balaban J connectivity index is 0.000000466. The zero-order valence-electron chi connectivity index (χ0n) is 19.3. The summed E-state index contributed by atoms with van der Waals surface area (Å²) in [4.78, 5) is 36.6. The molecular formula is C23H28F3N5O4. The lowest BCUT2D eigenvalue weighted by Crippen LogP contribution is -2.49. The van der Waals surface area contributed by atoms with E-state index in [1.165, 1.54) is 35.2 Å². The summed E-state index contributed by atoms with van der Waals surface area (Å²) in [6, 6.07) is 7.54. The number of aromatic carboxylic acids is 1. The van der Waals surface area contributed by atoms with Gasteiger partial charge in [0.25, 0.3) is 5.91 Å². The number of amides is 2. The molecule has 1 aromatic heterocycles. The number of primary amides is 1. The van der Waals surface area contributed by atoms with Gasteiger partial charge in [0.15, 0.2) is 11.5 Å². The predicted molar refractivity (Wildman–Crippen MR) is 122 cm³/mol. The van der Waals surface area contributed by atoms with Crippen LogP contribution in [0.5, 0.6) is 0 Å². The van der Waals surface area contributed by atoms with Gasteiger partial charge in [-0.05, 0) is 30.7 Å². The van der Waals surface area contributed by atoms with Gasteiger partial charge >= 0.3 is 12.1 Å². The highest BCUT2D eigenvalue weighted by Gasteiger charge is 2.36. The minimum atomic E-state index is -4.60. The van der Waals surface area contributed by atoms with Crippen molar-refractivity contribution in [3.63, 3.8) is 0 Å². The normalized spacial score (nSPS) is 13.6. The second-order valence-electron chi connectivity index (χ2n) is 7.83. The van der Waals surface area contributed by atoms with Crippen LogP contribution >= 0.6 is 0 Å². The minimum Gasteiger partial charge on any atom is -0.476 e. The van der Waals surface area contributed by atoms with Crippen LogP contribution in [0.4, 0.5) is 19.0 Å². The molecule has 2 aromatic rings. The van der Waals surface area contributed by atoms with E-state index < -0.39 is 23.6 Å². The number of piperazine rings is 1. The Morgan fingerprint density at radius 3 is 2.17 bits per heavy atom. The predicted octanol–water partition coefficient (Wildman–Crippen LogP) is 3.21. The molecule has 0 saturated carbocycles. The summed E-state index contributed by atoms with van der Waals surface area (Å²) in [5, 5.41) is 16.3. The van der Waals surface area contributed by atoms with Crippen LogP contribution in [0.25, 0.3) is 0 Å². The number of carbonyl (C=O) groups excluding carboxylic acids is 2. The molecule has 190 valence electrons. The van der Waals surface area contributed by atoms with E-state index in [0.29, 0.717) is 25.3 Å². The third-order valence-corrected chi connectivity index (χ3v) is 5.25. The van der Waals surface area contributed by atoms with Crippen LogP contribution in [-0.2, 0) is 11.0 Å². The van der Waals surface area contributed by atoms with Crippen molar-refractivity contribution in [3.05, 3.63) is 53.2 Å². The van der Waals surface area contributed by atoms with Gasteiger partial charge in [0, 0.05) is 32.6 Å². The molecule has 1 aliphatic rings. The fourth-order valence-corrected chi connectivity index (χ4v) is 3.38. The summed E-state index contributed by atoms with van der Waals surface area (Å²) < 4.78 is 39.3. The fourth-order valence-electron chi connectivity index (χ4n) is 3.38. The average Bonchev–Trinajstić information content (AvgIpc) is 2.83. The maximum atomic E-state index is 13.1. The number of halogens is 3. The minimum absolute atomic E-state index is 0.182. The summed E-state index contributed by atoms with van der Waals surface area (Å²) >= 11 is 0. The van der Waals surface area contributed by atoms with Gasteiger partial charge in [0.2, 0.25) is 5.91 Å². The van der Waals surface area contributed by atoms with Crippen LogP contribution in [0, 0.1) is 0 Å². The summed E-state index contributed by atoms with van der Waals surface area (Å²) in [7, 11) is 0. The van der Waals surface area contributed by atoms with E-state index in [0.717, 1.165) is 25.3 Å². The molecule has 0 spiro atoms. The average molecular weight is 496 g/mol. The molecule has 3 rings (SSSR count). The number of alkyl halides is 3. The highest BCUT2D eigenvalue weighted by atomic mass is 19.4. The van der Waals surface area contributed by atoms with E-state index in [1.54, 1.807) is 4.90 Å². The van der Waals surface area contributed by atoms with Gasteiger partial charge in [0.05, 0.1) is 11.1 Å². The zero-order chi connectivity index (χ0) is 26.0. The van der Waals surface area contributed by atoms with Crippen molar-refractivity contribution in [2.75, 3.05) is 31.1 Å². The van der Waals surface area contributed by atoms with E-state index in [1.807, 2.05) is 0 Å². The molecule has 2 heterocycles. The molecule has 1 aliphatic heterocycles. The number of nitrogens with zero attached hydrogens (tertiary/aromatic N) is 4. The summed E-state index contributed by atoms with van der Waals surface area (Å²) in [5.74, 6) is -1.59. The van der Waals surface area contributed by atoms with E-state index >= 15 is 0 Å². The zero-order valence-corrected chi connectivity index (χ0v) is 19.3. The van der Waals surface area contributed by atoms with E-state index in [2.05, 4.69) is 17.1 Å². The smallest absolute Gasteiger partial charge is 0.417 e. The van der Waals surface area contributed by atoms with Gasteiger partial charge in [-0.15, -0.1) is 10.2 Å². The van der Waals surface area contributed by atoms with Gasteiger partial charge in [-0.3, -0.25) is 9.59 Å². The maximum absolute atomic E-state index is 13.1. The molecule has 1 saturated heterocycles. The van der Waals surface area contributed by atoms with E-state index in [9.17, 15) is 27.6 Å². The first-order valence-electron chi connectivity index (χ1n) is 11.1. The number of carboxylic acids is 1. The summed E-state index contributed by atoms with van der Waals surface area (Å²) in [6.45, 7) is 3.23. The molecule has 1 fully saturated rings. The van der Waals surface area contributed by atoms with Crippen molar-refractivity contribution in [1.82, 2.24) is 15.1 Å². The number of hydrogen-bond donors (Lipinski definition) is 2. The van der Waals surface area contributed by atoms with Crippen LogP contribution < -0.4 is 10.6 Å². The second-order valence-corrected chi connectivity index (χ2v) is 7.83. The first-order chi connectivity index (χ1) is 16.5. The monoisotopic (exact) mass is 495 g/mol. The number of unbranched alkanes of at least 4 members (excludes halogenated alkanes) is 2. The van der Waals surface area contributed by atoms with Crippen LogP contribution in [0.15, 0.2) is 36.4 Å². The Labute approximate surface area is 200 Å². The van der Waals surface area contributed by atoms with Crippen molar-refractivity contribution in [2.24, 2.45) is 5.73 Å². The highest BCUT2D eigenvalue weighted by molar-refractivity contribution is 5.96. The molecule has 12 heteroatoms. The maximum Gasteiger partial charge on any atom is 0.417 e. The Hall–Kier alpha value is -3.70. The molecule has 0 aliphatic carbocycles. The standard InChI is InChI=1S/C17H15F3N4O3.C6H13NO/c18-17(19,20)12-4-2-1-3-11(12)15(25)24-9-7-23(8-10-24)14-6-5-13(16(26)27)21-22-14;1-2-3-4-5-6(7)8/h1-6H,7-10H2,(H,26,27);2-5H2,1H3,(H2,7,8). The largest absolute Gasteiger partial charge is 0.476 e. The molecule has 0 radical (unpaired) electrons. The quantitative estimate of drug-likeness (QED) is 0.564. The number of benzene rings is 1. The summed E-state index contributed by atoms with van der Waals surface area (Å²) in [5.41, 5.74) is 3.39. The Morgan fingerprint density at radius 1 is 1.00 bits per heavy atom. The summed E-state index contributed by atoms with van der Waals surface area (Å²) in [6.07, 6.45) is -0.842. The molecule has 0 atom stereocenters. The number of carboxylic acid groups (broad SMARTS) is 1. The molecular weight excluding hydrogens is 467 g/mol. The molecule has 9 nitrogen and oxygen atoms in total. The van der Waals surface area contributed by atoms with Crippen LogP contribution in [0.2, 0.25) is 0 Å². The number of aromatic nitrogens is 2. The van der Waals surface area contributed by atoms with Crippen molar-refractivity contribution in [3.8, 4) is 0 Å². The molecule has 3 N–H and O–H groups in total. The van der Waals surface area contributed by atoms with E-state index in [-0.39, 0.29) is 30.3 Å². The first-order valence-corrected chi connectivity index (χ1v) is 11.1. The fraction of sp³-hybridized carbons (Fsp3) is 0.435. The third-order valence-electron chi connectivity index (χ3n) is 5.25. The highest BCUT2D eigenvalue weighted by Crippen LogP contribution is 2.32. The van der Waals surface area contributed by atoms with Crippen LogP contribution in [0.1, 0.15) is 59.0 Å². The third kappa shape index (κ3) is 8.23. The lowest BCUT2D eigenvalue weighted by molar-refractivity contribution is -0.138. The Kier molecular flexibility index (Phi) is 9.98. The van der Waals surface area contributed by atoms with Crippen molar-refractivity contribution >= 4 is 23.6 Å². The number of carbonyl (C=O) groups is 3. The molecule has 0 bridgehead atoms. The van der Waals surface area contributed by atoms with E-state index in [4.69, 9.17) is 10.8 Å². The number of anilines is 1. The number of rotatable bonds is 7. The molecule has 35 heavy (non-hydrogen) atoms. The van der Waals surface area contributed by atoms with Gasteiger partial charge < -0.3 is 20.6 Å². The van der Waals surface area contributed by atoms with Crippen molar-refractivity contribution in [1.29, 1.82) is 0 Å². The van der Waals surface area contributed by atoms with Crippen molar-refractivity contribution in [2.45, 2.75) is 38.8 Å². The lowest BCUT2D eigenvalue weighted by Gasteiger charge is -2.35. The topological polar surface area (TPSA) is 130 Å². The first kappa shape index (κ1) is 27.5. The number of nitrogens with two attached hydrogens (primary N) is 1. The van der Waals surface area contributed by atoms with Crippen LogP contribution in [0.3, 0.4) is 0 Å². The van der Waals surface area contributed by atoms with Gasteiger partial charge in [0.1, 0.15) is 0 Å². The van der Waals surface area contributed by atoms with Crippen LogP contribution in [-0.4, -0.2) is 64.2 Å². The molecule has 1 aromatic carbocycles.